The fourth-order valence-electron chi connectivity index (χ4n) is 1.83. The first-order valence-electron chi connectivity index (χ1n) is 5.56. The lowest BCUT2D eigenvalue weighted by atomic mass is 10.0. The van der Waals surface area contributed by atoms with E-state index >= 15 is 0 Å². The van der Waals surface area contributed by atoms with Gasteiger partial charge in [-0.1, -0.05) is 6.07 Å². The summed E-state index contributed by atoms with van der Waals surface area (Å²) in [5, 5.41) is 0. The zero-order chi connectivity index (χ0) is 15.0. The van der Waals surface area contributed by atoms with Gasteiger partial charge in [-0.25, -0.2) is 0 Å². The Hall–Kier alpha value is -1.92. The molecule has 0 bridgehead atoms. The third-order valence-electron chi connectivity index (χ3n) is 2.76. The molecule has 0 fully saturated rings. The maximum atomic E-state index is 12.9. The number of alkyl halides is 6. The average molecular weight is 293 g/mol. The lowest BCUT2D eigenvalue weighted by molar-refractivity contribution is -0.143. The van der Waals surface area contributed by atoms with Crippen LogP contribution in [0.3, 0.4) is 0 Å². The van der Waals surface area contributed by atoms with Crippen molar-refractivity contribution in [2.24, 2.45) is 0 Å². The van der Waals surface area contributed by atoms with Crippen LogP contribution in [-0.4, -0.2) is 4.57 Å². The van der Waals surface area contributed by atoms with Crippen molar-refractivity contribution in [3.05, 3.63) is 59.4 Å². The highest BCUT2D eigenvalue weighted by Crippen LogP contribution is 2.37. The summed E-state index contributed by atoms with van der Waals surface area (Å²) in [6, 6.07) is 4.92. The zero-order valence-electron chi connectivity index (χ0n) is 9.96. The first-order chi connectivity index (χ1) is 9.18. The van der Waals surface area contributed by atoms with Gasteiger partial charge in [-0.05, 0) is 29.8 Å². The van der Waals surface area contributed by atoms with E-state index in [4.69, 9.17) is 0 Å². The molecule has 0 saturated carbocycles. The number of aromatic nitrogens is 1. The van der Waals surface area contributed by atoms with E-state index in [2.05, 4.69) is 0 Å². The Morgan fingerprint density at radius 1 is 0.850 bits per heavy atom. The van der Waals surface area contributed by atoms with Crippen molar-refractivity contribution < 1.29 is 26.3 Å². The molecule has 0 radical (unpaired) electrons. The van der Waals surface area contributed by atoms with E-state index in [0.29, 0.717) is 6.07 Å². The van der Waals surface area contributed by atoms with Crippen molar-refractivity contribution in [3.63, 3.8) is 0 Å². The van der Waals surface area contributed by atoms with Crippen molar-refractivity contribution in [3.8, 4) is 0 Å². The van der Waals surface area contributed by atoms with E-state index in [9.17, 15) is 26.3 Å². The van der Waals surface area contributed by atoms with Crippen molar-refractivity contribution in [2.75, 3.05) is 0 Å². The molecular formula is C13H9F6N. The van der Waals surface area contributed by atoms with E-state index in [-0.39, 0.29) is 18.2 Å². The van der Waals surface area contributed by atoms with Gasteiger partial charge in [0.2, 0.25) is 0 Å². The lowest BCUT2D eigenvalue weighted by Crippen LogP contribution is -2.14. The second-order valence-corrected chi connectivity index (χ2v) is 4.22. The number of nitrogens with zero attached hydrogens (tertiary/aromatic N) is 1. The summed E-state index contributed by atoms with van der Waals surface area (Å²) < 4.78 is 77.5. The number of halogens is 6. The van der Waals surface area contributed by atoms with E-state index in [1.54, 1.807) is 12.1 Å². The smallest absolute Gasteiger partial charge is 0.350 e. The molecule has 7 heteroatoms. The molecule has 0 aliphatic carbocycles. The fourth-order valence-corrected chi connectivity index (χ4v) is 1.83. The summed E-state index contributed by atoms with van der Waals surface area (Å²) in [5.74, 6) is 0. The minimum Gasteiger partial charge on any atom is -0.350 e. The highest BCUT2D eigenvalue weighted by molar-refractivity contribution is 5.35. The molecule has 0 spiro atoms. The molecule has 1 nitrogen and oxygen atoms in total. The summed E-state index contributed by atoms with van der Waals surface area (Å²) in [5.41, 5.74) is -2.77. The summed E-state index contributed by atoms with van der Waals surface area (Å²) in [4.78, 5) is 0. The molecule has 2 rings (SSSR count). The van der Waals surface area contributed by atoms with Crippen LogP contribution in [0.25, 0.3) is 0 Å². The maximum absolute atomic E-state index is 12.9. The van der Waals surface area contributed by atoms with Gasteiger partial charge in [-0.15, -0.1) is 0 Å². The predicted molar refractivity (Wildman–Crippen MR) is 60.0 cm³/mol. The first-order valence-corrected chi connectivity index (χ1v) is 5.56. The molecule has 0 atom stereocenters. The minimum atomic E-state index is -4.83. The Morgan fingerprint density at radius 3 is 1.95 bits per heavy atom. The van der Waals surface area contributed by atoms with Gasteiger partial charge >= 0.3 is 12.4 Å². The van der Waals surface area contributed by atoms with Crippen LogP contribution in [0, 0.1) is 0 Å². The molecule has 1 aromatic carbocycles. The van der Waals surface area contributed by atoms with E-state index < -0.39 is 23.5 Å². The molecule has 0 amide bonds. The van der Waals surface area contributed by atoms with Crippen molar-refractivity contribution in [2.45, 2.75) is 18.9 Å². The summed E-state index contributed by atoms with van der Waals surface area (Å²) in [7, 11) is 0. The van der Waals surface area contributed by atoms with Crippen molar-refractivity contribution in [1.29, 1.82) is 0 Å². The minimum absolute atomic E-state index is 0.139. The summed E-state index contributed by atoms with van der Waals surface area (Å²) >= 11 is 0. The second-order valence-electron chi connectivity index (χ2n) is 4.22. The molecular weight excluding hydrogens is 284 g/mol. The monoisotopic (exact) mass is 293 g/mol. The van der Waals surface area contributed by atoms with Gasteiger partial charge in [0.05, 0.1) is 11.1 Å². The quantitative estimate of drug-likeness (QED) is 0.715. The number of rotatable bonds is 2. The number of benzene rings is 1. The third kappa shape index (κ3) is 3.15. The van der Waals surface area contributed by atoms with Crippen molar-refractivity contribution >= 4 is 0 Å². The second kappa shape index (κ2) is 4.88. The van der Waals surface area contributed by atoms with Gasteiger partial charge in [0, 0.05) is 18.9 Å². The largest absolute Gasteiger partial charge is 0.416 e. The number of hydrogen-bond donors (Lipinski definition) is 0. The standard InChI is InChI=1S/C13H9F6N/c14-12(15,16)10-4-3-9(8-20-5-1-2-6-20)11(7-10)13(17,18)19/h1-7H,8H2. The van der Waals surface area contributed by atoms with Gasteiger partial charge in [-0.2, -0.15) is 26.3 Å². The Balaban J connectivity index is 2.46. The lowest BCUT2D eigenvalue weighted by Gasteiger charge is -2.16. The molecule has 0 aliphatic rings. The molecule has 1 heterocycles. The van der Waals surface area contributed by atoms with Gasteiger partial charge < -0.3 is 4.57 Å². The molecule has 1 aromatic heterocycles. The Morgan fingerprint density at radius 2 is 1.45 bits per heavy atom. The normalized spacial score (nSPS) is 12.7. The van der Waals surface area contributed by atoms with Crippen LogP contribution >= 0.6 is 0 Å². The SMILES string of the molecule is FC(F)(F)c1ccc(Cn2cccc2)c(C(F)(F)F)c1. The van der Waals surface area contributed by atoms with Crippen LogP contribution in [0.5, 0.6) is 0 Å². The number of hydrogen-bond acceptors (Lipinski definition) is 0. The van der Waals surface area contributed by atoms with Crippen LogP contribution in [-0.2, 0) is 18.9 Å². The van der Waals surface area contributed by atoms with Crippen LogP contribution in [0.4, 0.5) is 26.3 Å². The average Bonchev–Trinajstić information content (AvgIpc) is 2.79. The van der Waals surface area contributed by atoms with Crippen LogP contribution in [0.1, 0.15) is 16.7 Å². The van der Waals surface area contributed by atoms with E-state index in [1.807, 2.05) is 0 Å². The summed E-state index contributed by atoms with van der Waals surface area (Å²) in [6.07, 6.45) is -6.55. The molecule has 0 aliphatic heterocycles. The predicted octanol–water partition coefficient (Wildman–Crippen LogP) is 4.57. The topological polar surface area (TPSA) is 4.93 Å². The molecule has 108 valence electrons. The molecule has 0 N–H and O–H groups in total. The Kier molecular flexibility index (Phi) is 3.54. The van der Waals surface area contributed by atoms with Crippen molar-refractivity contribution in [1.82, 2.24) is 4.57 Å². The Labute approximate surface area is 110 Å². The molecule has 20 heavy (non-hydrogen) atoms. The highest BCUT2D eigenvalue weighted by Gasteiger charge is 2.37. The third-order valence-corrected chi connectivity index (χ3v) is 2.76. The van der Waals surface area contributed by atoms with Gasteiger partial charge in [0.15, 0.2) is 0 Å². The van der Waals surface area contributed by atoms with E-state index in [1.165, 1.54) is 17.0 Å². The fraction of sp³-hybridized carbons (Fsp3) is 0.231. The highest BCUT2D eigenvalue weighted by atomic mass is 19.4. The molecule has 2 aromatic rings. The van der Waals surface area contributed by atoms with Gasteiger partial charge in [0.1, 0.15) is 0 Å². The zero-order valence-corrected chi connectivity index (χ0v) is 9.96. The maximum Gasteiger partial charge on any atom is 0.416 e. The van der Waals surface area contributed by atoms with Gasteiger partial charge in [0.25, 0.3) is 0 Å². The first kappa shape index (κ1) is 14.5. The molecule has 0 saturated heterocycles. The van der Waals surface area contributed by atoms with Crippen LogP contribution in [0.2, 0.25) is 0 Å². The Bertz CT molecular complexity index is 580. The molecule has 0 unspecified atom stereocenters. The van der Waals surface area contributed by atoms with Crippen LogP contribution in [0.15, 0.2) is 42.7 Å². The van der Waals surface area contributed by atoms with Gasteiger partial charge in [-0.3, -0.25) is 0 Å². The summed E-state index contributed by atoms with van der Waals surface area (Å²) in [6.45, 7) is -0.139. The van der Waals surface area contributed by atoms with Crippen LogP contribution < -0.4 is 0 Å². The van der Waals surface area contributed by atoms with E-state index in [0.717, 1.165) is 6.07 Å².